The molecule has 0 spiro atoms. The van der Waals surface area contributed by atoms with Gasteiger partial charge in [-0.05, 0) is 60.6 Å². The molecule has 37 heavy (non-hydrogen) atoms. The number of hydrogen-bond donors (Lipinski definition) is 1. The smallest absolute Gasteiger partial charge is 0.255 e. The molecular formula is C30H34N2O4S. The van der Waals surface area contributed by atoms with Gasteiger partial charge in [-0.3, -0.25) is 9.59 Å². The van der Waals surface area contributed by atoms with Crippen molar-refractivity contribution in [3.8, 4) is 0 Å². The number of nitrogens with one attached hydrogen (secondary N) is 1. The summed E-state index contributed by atoms with van der Waals surface area (Å²) in [5.74, 6) is -0.573. The minimum Gasteiger partial charge on any atom is -0.322 e. The van der Waals surface area contributed by atoms with Crippen LogP contribution < -0.4 is 5.32 Å². The van der Waals surface area contributed by atoms with E-state index in [1.165, 1.54) is 10.4 Å². The van der Waals surface area contributed by atoms with Crippen LogP contribution in [0.2, 0.25) is 0 Å². The zero-order chi connectivity index (χ0) is 26.8. The number of hydrogen-bond acceptors (Lipinski definition) is 4. The molecule has 1 heterocycles. The van der Waals surface area contributed by atoms with Gasteiger partial charge in [-0.2, -0.15) is 4.31 Å². The Kier molecular flexibility index (Phi) is 7.67. The number of rotatable bonds is 6. The zero-order valence-corrected chi connectivity index (χ0v) is 22.7. The van der Waals surface area contributed by atoms with E-state index < -0.39 is 15.9 Å². The van der Waals surface area contributed by atoms with Crippen molar-refractivity contribution in [2.45, 2.75) is 57.3 Å². The molecule has 0 aliphatic carbocycles. The second-order valence-corrected chi connectivity index (χ2v) is 12.5. The number of aryl methyl sites for hydroxylation is 1. The topological polar surface area (TPSA) is 83.5 Å². The fourth-order valence-electron chi connectivity index (χ4n) is 4.49. The summed E-state index contributed by atoms with van der Waals surface area (Å²) < 4.78 is 28.0. The molecule has 1 saturated heterocycles. The van der Waals surface area contributed by atoms with Crippen LogP contribution in [0.4, 0.5) is 5.69 Å². The Balaban J connectivity index is 1.53. The first-order valence-electron chi connectivity index (χ1n) is 12.6. The normalized spacial score (nSPS) is 14.8. The highest BCUT2D eigenvalue weighted by Gasteiger charge is 2.28. The van der Waals surface area contributed by atoms with Gasteiger partial charge in [0.2, 0.25) is 10.0 Å². The molecule has 1 N–H and O–H groups in total. The van der Waals surface area contributed by atoms with Gasteiger partial charge in [-0.15, -0.1) is 0 Å². The highest BCUT2D eigenvalue weighted by atomic mass is 32.2. The average Bonchev–Trinajstić information content (AvgIpc) is 2.88. The number of carbonyl (C=O) groups excluding carboxylic acids is 2. The SMILES string of the molecule is Cc1ccc(C(=O)Nc2cccc(C(=O)c3ccc(C(C)(C)C)cc3)c2)cc1S(=O)(=O)N1CCCCC1. The van der Waals surface area contributed by atoms with Gasteiger partial charge in [0.25, 0.3) is 5.91 Å². The molecule has 6 nitrogen and oxygen atoms in total. The molecule has 0 radical (unpaired) electrons. The minimum atomic E-state index is -3.67. The molecule has 3 aromatic rings. The highest BCUT2D eigenvalue weighted by Crippen LogP contribution is 2.26. The number of benzene rings is 3. The number of ketones is 1. The second kappa shape index (κ2) is 10.6. The van der Waals surface area contributed by atoms with Crippen LogP contribution in [-0.2, 0) is 15.4 Å². The lowest BCUT2D eigenvalue weighted by atomic mass is 9.86. The maximum absolute atomic E-state index is 13.2. The Morgan fingerprint density at radius 2 is 1.46 bits per heavy atom. The number of piperidine rings is 1. The summed E-state index contributed by atoms with van der Waals surface area (Å²) in [4.78, 5) is 26.3. The lowest BCUT2D eigenvalue weighted by Crippen LogP contribution is -2.36. The van der Waals surface area contributed by atoms with Crippen molar-refractivity contribution in [3.05, 3.63) is 94.5 Å². The molecule has 1 aliphatic rings. The van der Waals surface area contributed by atoms with Crippen molar-refractivity contribution >= 4 is 27.4 Å². The lowest BCUT2D eigenvalue weighted by molar-refractivity contribution is 0.102. The third kappa shape index (κ3) is 6.00. The van der Waals surface area contributed by atoms with E-state index in [4.69, 9.17) is 0 Å². The predicted octanol–water partition coefficient (Wildman–Crippen LogP) is 5.95. The molecule has 0 aromatic heterocycles. The summed E-state index contributed by atoms with van der Waals surface area (Å²) >= 11 is 0. The summed E-state index contributed by atoms with van der Waals surface area (Å²) in [7, 11) is -3.67. The van der Waals surface area contributed by atoms with Crippen molar-refractivity contribution in [1.82, 2.24) is 4.31 Å². The summed E-state index contributed by atoms with van der Waals surface area (Å²) in [6.45, 7) is 9.10. The van der Waals surface area contributed by atoms with Crippen LogP contribution in [0, 0.1) is 6.92 Å². The van der Waals surface area contributed by atoms with E-state index in [2.05, 4.69) is 26.1 Å². The first kappa shape index (κ1) is 26.8. The molecule has 3 aromatic carbocycles. The summed E-state index contributed by atoms with van der Waals surface area (Å²) in [6, 6.07) is 19.1. The van der Waals surface area contributed by atoms with Crippen molar-refractivity contribution in [2.24, 2.45) is 0 Å². The number of sulfonamides is 1. The monoisotopic (exact) mass is 518 g/mol. The lowest BCUT2D eigenvalue weighted by Gasteiger charge is -2.26. The van der Waals surface area contributed by atoms with Crippen molar-refractivity contribution in [1.29, 1.82) is 0 Å². The molecule has 1 fully saturated rings. The quantitative estimate of drug-likeness (QED) is 0.409. The van der Waals surface area contributed by atoms with Gasteiger partial charge >= 0.3 is 0 Å². The first-order chi connectivity index (χ1) is 17.5. The summed E-state index contributed by atoms with van der Waals surface area (Å²) in [6.07, 6.45) is 2.71. The van der Waals surface area contributed by atoms with Gasteiger partial charge in [0.05, 0.1) is 4.90 Å². The van der Waals surface area contributed by atoms with Crippen LogP contribution in [-0.4, -0.2) is 37.5 Å². The van der Waals surface area contributed by atoms with Crippen LogP contribution in [0.3, 0.4) is 0 Å². The molecule has 1 amide bonds. The fourth-order valence-corrected chi connectivity index (χ4v) is 6.26. The molecular weight excluding hydrogens is 484 g/mol. The van der Waals surface area contributed by atoms with Crippen LogP contribution >= 0.6 is 0 Å². The average molecular weight is 519 g/mol. The Hall–Kier alpha value is -3.29. The third-order valence-electron chi connectivity index (χ3n) is 6.78. The van der Waals surface area contributed by atoms with E-state index in [1.54, 1.807) is 43.3 Å². The van der Waals surface area contributed by atoms with Gasteiger partial charge < -0.3 is 5.32 Å². The maximum Gasteiger partial charge on any atom is 0.255 e. The molecule has 0 bridgehead atoms. The van der Waals surface area contributed by atoms with Crippen LogP contribution in [0.5, 0.6) is 0 Å². The van der Waals surface area contributed by atoms with Crippen LogP contribution in [0.15, 0.2) is 71.6 Å². The Labute approximate surface area is 219 Å². The maximum atomic E-state index is 13.2. The van der Waals surface area contributed by atoms with Gasteiger partial charge in [0.1, 0.15) is 0 Å². The first-order valence-corrected chi connectivity index (χ1v) is 14.1. The van der Waals surface area contributed by atoms with E-state index in [0.717, 1.165) is 24.8 Å². The van der Waals surface area contributed by atoms with Crippen LogP contribution in [0.25, 0.3) is 0 Å². The number of nitrogens with zero attached hydrogens (tertiary/aromatic N) is 1. The molecule has 0 unspecified atom stereocenters. The van der Waals surface area contributed by atoms with Crippen LogP contribution in [0.1, 0.15) is 77.4 Å². The van der Waals surface area contributed by atoms with E-state index in [1.807, 2.05) is 24.3 Å². The molecule has 7 heteroatoms. The Bertz CT molecular complexity index is 1410. The summed E-state index contributed by atoms with van der Waals surface area (Å²) in [5, 5.41) is 2.81. The number of anilines is 1. The number of amides is 1. The van der Waals surface area contributed by atoms with Crippen molar-refractivity contribution < 1.29 is 18.0 Å². The Morgan fingerprint density at radius 1 is 0.811 bits per heavy atom. The second-order valence-electron chi connectivity index (χ2n) is 10.6. The molecule has 0 saturated carbocycles. The Morgan fingerprint density at radius 3 is 2.11 bits per heavy atom. The summed E-state index contributed by atoms with van der Waals surface area (Å²) in [5.41, 5.74) is 3.48. The van der Waals surface area contributed by atoms with E-state index in [9.17, 15) is 18.0 Å². The van der Waals surface area contributed by atoms with E-state index >= 15 is 0 Å². The largest absolute Gasteiger partial charge is 0.322 e. The standard InChI is InChI=1S/C30H34N2O4S/c1-21-11-12-24(20-27(21)37(35,36)32-17-6-5-7-18-32)29(34)31-26-10-8-9-23(19-26)28(33)22-13-15-25(16-14-22)30(2,3)4/h8-16,19-20H,5-7,17-18H2,1-4H3,(H,31,34). The van der Waals surface area contributed by atoms with Crippen molar-refractivity contribution in [3.63, 3.8) is 0 Å². The van der Waals surface area contributed by atoms with E-state index in [-0.39, 0.29) is 21.7 Å². The minimum absolute atomic E-state index is 0.00523. The molecule has 1 aliphatic heterocycles. The fraction of sp³-hybridized carbons (Fsp3) is 0.333. The number of carbonyl (C=O) groups is 2. The zero-order valence-electron chi connectivity index (χ0n) is 21.9. The predicted molar refractivity (Wildman–Crippen MR) is 147 cm³/mol. The molecule has 0 atom stereocenters. The van der Waals surface area contributed by atoms with Crippen molar-refractivity contribution in [2.75, 3.05) is 18.4 Å². The van der Waals surface area contributed by atoms with Gasteiger partial charge in [0, 0.05) is 35.5 Å². The van der Waals surface area contributed by atoms with Gasteiger partial charge in [0.15, 0.2) is 5.78 Å². The molecule has 194 valence electrons. The molecule has 4 rings (SSSR count). The third-order valence-corrected chi connectivity index (χ3v) is 8.82. The van der Waals surface area contributed by atoms with E-state index in [0.29, 0.717) is 35.5 Å². The highest BCUT2D eigenvalue weighted by molar-refractivity contribution is 7.89. The van der Waals surface area contributed by atoms with Gasteiger partial charge in [-0.25, -0.2) is 8.42 Å². The van der Waals surface area contributed by atoms with Gasteiger partial charge in [-0.1, -0.05) is 69.7 Å².